The minimum Gasteiger partial charge on any atom is -0.497 e. The smallest absolute Gasteiger partial charge is 0.164 e. The van der Waals surface area contributed by atoms with E-state index in [0.29, 0.717) is 17.5 Å². The van der Waals surface area contributed by atoms with Gasteiger partial charge in [-0.3, -0.25) is 0 Å². The Kier molecular flexibility index (Phi) is 4.31. The lowest BCUT2D eigenvalue weighted by Gasteiger charge is -2.09. The Balaban J connectivity index is 1.63. The third-order valence-electron chi connectivity index (χ3n) is 3.55. The summed E-state index contributed by atoms with van der Waals surface area (Å²) in [6.07, 6.45) is 6.75. The molecule has 1 N–H and O–H groups in total. The molecule has 1 aliphatic rings. The number of hydrogen-bond donors (Lipinski definition) is 1. The third kappa shape index (κ3) is 3.70. The van der Waals surface area contributed by atoms with Gasteiger partial charge in [0.05, 0.1) is 19.5 Å². The minimum absolute atomic E-state index is 0.509. The molecule has 21 heavy (non-hydrogen) atoms. The second-order valence-corrected chi connectivity index (χ2v) is 5.11. The maximum absolute atomic E-state index is 5.73. The van der Waals surface area contributed by atoms with Crippen LogP contribution in [-0.4, -0.2) is 29.7 Å². The summed E-state index contributed by atoms with van der Waals surface area (Å²) in [4.78, 5) is 8.75. The van der Waals surface area contributed by atoms with Crippen molar-refractivity contribution in [2.45, 2.75) is 25.3 Å². The van der Waals surface area contributed by atoms with Gasteiger partial charge in [0, 0.05) is 18.5 Å². The van der Waals surface area contributed by atoms with Crippen LogP contribution in [0.2, 0.25) is 0 Å². The summed E-state index contributed by atoms with van der Waals surface area (Å²) in [6.45, 7) is 1.10. The molecular formula is C16H19N3O2. The molecule has 0 radical (unpaired) electrons. The predicted octanol–water partition coefficient (Wildman–Crippen LogP) is 2.57. The fourth-order valence-corrected chi connectivity index (χ4v) is 2.45. The first-order valence-corrected chi connectivity index (χ1v) is 7.20. The molecule has 3 rings (SSSR count). The topological polar surface area (TPSA) is 56.3 Å². The maximum Gasteiger partial charge on any atom is 0.164 e. The van der Waals surface area contributed by atoms with E-state index in [1.165, 1.54) is 12.8 Å². The molecule has 5 heteroatoms. The van der Waals surface area contributed by atoms with Gasteiger partial charge in [0.2, 0.25) is 0 Å². The second-order valence-electron chi connectivity index (χ2n) is 5.11. The van der Waals surface area contributed by atoms with E-state index in [0.717, 1.165) is 24.5 Å². The lowest BCUT2D eigenvalue weighted by molar-refractivity contribution is 0.408. The number of benzene rings is 1. The van der Waals surface area contributed by atoms with Crippen molar-refractivity contribution in [2.24, 2.45) is 0 Å². The van der Waals surface area contributed by atoms with Crippen LogP contribution in [0.5, 0.6) is 17.2 Å². The SMILES string of the molecule is COc1cccc(Oc2cnc(CC3CCCN3)nc2)c1. The average Bonchev–Trinajstić information content (AvgIpc) is 3.02. The van der Waals surface area contributed by atoms with Crippen molar-refractivity contribution in [3.8, 4) is 17.2 Å². The molecule has 1 aliphatic heterocycles. The van der Waals surface area contributed by atoms with E-state index in [2.05, 4.69) is 15.3 Å². The van der Waals surface area contributed by atoms with Crippen LogP contribution in [0.15, 0.2) is 36.7 Å². The fourth-order valence-electron chi connectivity index (χ4n) is 2.45. The van der Waals surface area contributed by atoms with E-state index < -0.39 is 0 Å². The monoisotopic (exact) mass is 285 g/mol. The van der Waals surface area contributed by atoms with Crippen molar-refractivity contribution in [1.29, 1.82) is 0 Å². The first kappa shape index (κ1) is 13.8. The second kappa shape index (κ2) is 6.54. The lowest BCUT2D eigenvalue weighted by atomic mass is 10.1. The normalized spacial score (nSPS) is 17.7. The number of hydrogen-bond acceptors (Lipinski definition) is 5. The zero-order chi connectivity index (χ0) is 14.5. The van der Waals surface area contributed by atoms with Crippen LogP contribution >= 0.6 is 0 Å². The van der Waals surface area contributed by atoms with Crippen molar-refractivity contribution in [3.05, 3.63) is 42.5 Å². The molecule has 1 saturated heterocycles. The number of rotatable bonds is 5. The third-order valence-corrected chi connectivity index (χ3v) is 3.55. The van der Waals surface area contributed by atoms with Gasteiger partial charge in [-0.15, -0.1) is 0 Å². The van der Waals surface area contributed by atoms with Crippen LogP contribution in [0, 0.1) is 0 Å². The van der Waals surface area contributed by atoms with Gasteiger partial charge in [-0.2, -0.15) is 0 Å². The Labute approximate surface area is 124 Å². The summed E-state index contributed by atoms with van der Waals surface area (Å²) in [6, 6.07) is 7.97. The summed E-state index contributed by atoms with van der Waals surface area (Å²) in [7, 11) is 1.63. The number of methoxy groups -OCH3 is 1. The van der Waals surface area contributed by atoms with Gasteiger partial charge in [0.15, 0.2) is 5.75 Å². The van der Waals surface area contributed by atoms with Crippen LogP contribution in [-0.2, 0) is 6.42 Å². The summed E-state index contributed by atoms with van der Waals surface area (Å²) >= 11 is 0. The van der Waals surface area contributed by atoms with Crippen molar-refractivity contribution in [3.63, 3.8) is 0 Å². The zero-order valence-electron chi connectivity index (χ0n) is 12.1. The molecule has 1 aromatic carbocycles. The fraction of sp³-hybridized carbons (Fsp3) is 0.375. The summed E-state index contributed by atoms with van der Waals surface area (Å²) < 4.78 is 10.9. The molecule has 1 aromatic heterocycles. The molecule has 0 spiro atoms. The van der Waals surface area contributed by atoms with Crippen LogP contribution in [0.3, 0.4) is 0 Å². The van der Waals surface area contributed by atoms with Gasteiger partial charge in [-0.25, -0.2) is 9.97 Å². The summed E-state index contributed by atoms with van der Waals surface area (Å²) in [5.74, 6) is 2.96. The lowest BCUT2D eigenvalue weighted by Crippen LogP contribution is -2.24. The van der Waals surface area contributed by atoms with Crippen LogP contribution in [0.1, 0.15) is 18.7 Å². The summed E-state index contributed by atoms with van der Waals surface area (Å²) in [5, 5.41) is 3.45. The molecule has 0 aliphatic carbocycles. The van der Waals surface area contributed by atoms with Crippen LogP contribution in [0.4, 0.5) is 0 Å². The van der Waals surface area contributed by atoms with E-state index in [1.807, 2.05) is 24.3 Å². The molecule has 5 nitrogen and oxygen atoms in total. The zero-order valence-corrected chi connectivity index (χ0v) is 12.1. The van der Waals surface area contributed by atoms with E-state index in [9.17, 15) is 0 Å². The van der Waals surface area contributed by atoms with Gasteiger partial charge in [0.25, 0.3) is 0 Å². The highest BCUT2D eigenvalue weighted by Crippen LogP contribution is 2.24. The van der Waals surface area contributed by atoms with Crippen molar-refractivity contribution in [2.75, 3.05) is 13.7 Å². The van der Waals surface area contributed by atoms with E-state index in [1.54, 1.807) is 19.5 Å². The van der Waals surface area contributed by atoms with Crippen molar-refractivity contribution < 1.29 is 9.47 Å². The number of aromatic nitrogens is 2. The van der Waals surface area contributed by atoms with Gasteiger partial charge in [-0.05, 0) is 31.5 Å². The van der Waals surface area contributed by atoms with Crippen molar-refractivity contribution in [1.82, 2.24) is 15.3 Å². The Morgan fingerprint density at radius 2 is 2.00 bits per heavy atom. The van der Waals surface area contributed by atoms with Gasteiger partial charge >= 0.3 is 0 Å². The van der Waals surface area contributed by atoms with Crippen molar-refractivity contribution >= 4 is 0 Å². The average molecular weight is 285 g/mol. The first-order valence-electron chi connectivity index (χ1n) is 7.20. The van der Waals surface area contributed by atoms with Crippen LogP contribution < -0.4 is 14.8 Å². The quantitative estimate of drug-likeness (QED) is 0.915. The predicted molar refractivity (Wildman–Crippen MR) is 79.8 cm³/mol. The van der Waals surface area contributed by atoms with Crippen LogP contribution in [0.25, 0.3) is 0 Å². The highest BCUT2D eigenvalue weighted by Gasteiger charge is 2.15. The standard InChI is InChI=1S/C16H19N3O2/c1-20-13-5-2-6-14(9-13)21-15-10-18-16(19-11-15)8-12-4-3-7-17-12/h2,5-6,9-12,17H,3-4,7-8H2,1H3. The minimum atomic E-state index is 0.509. The molecular weight excluding hydrogens is 266 g/mol. The van der Waals surface area contributed by atoms with E-state index >= 15 is 0 Å². The number of nitrogens with one attached hydrogen (secondary N) is 1. The largest absolute Gasteiger partial charge is 0.497 e. The maximum atomic E-state index is 5.73. The molecule has 2 heterocycles. The Morgan fingerprint density at radius 3 is 2.71 bits per heavy atom. The van der Waals surface area contributed by atoms with Gasteiger partial charge in [-0.1, -0.05) is 6.07 Å². The molecule has 1 atom stereocenters. The number of ether oxygens (including phenoxy) is 2. The molecule has 1 unspecified atom stereocenters. The molecule has 0 amide bonds. The molecule has 110 valence electrons. The highest BCUT2D eigenvalue weighted by atomic mass is 16.5. The Bertz CT molecular complexity index is 580. The summed E-state index contributed by atoms with van der Waals surface area (Å²) in [5.41, 5.74) is 0. The molecule has 1 fully saturated rings. The van der Waals surface area contributed by atoms with E-state index in [4.69, 9.17) is 9.47 Å². The number of nitrogens with zero attached hydrogens (tertiary/aromatic N) is 2. The molecule has 0 saturated carbocycles. The Hall–Kier alpha value is -2.14. The van der Waals surface area contributed by atoms with Gasteiger partial charge < -0.3 is 14.8 Å². The van der Waals surface area contributed by atoms with E-state index in [-0.39, 0.29) is 0 Å². The first-order chi connectivity index (χ1) is 10.3. The molecule has 2 aromatic rings. The Morgan fingerprint density at radius 1 is 1.19 bits per heavy atom. The van der Waals surface area contributed by atoms with Gasteiger partial charge in [0.1, 0.15) is 17.3 Å². The highest BCUT2D eigenvalue weighted by molar-refractivity contribution is 5.35. The molecule has 0 bridgehead atoms.